The Morgan fingerprint density at radius 2 is 2.00 bits per heavy atom. The van der Waals surface area contributed by atoms with E-state index < -0.39 is 0 Å². The number of benzene rings is 1. The molecule has 1 rings (SSSR count). The second-order valence-corrected chi connectivity index (χ2v) is 4.37. The van der Waals surface area contributed by atoms with Crippen molar-refractivity contribution in [3.8, 4) is 11.5 Å². The normalized spacial score (nSPS) is 12.8. The number of halogens is 1. The van der Waals surface area contributed by atoms with Crippen LogP contribution in [0.1, 0.15) is 12.5 Å². The fourth-order valence-electron chi connectivity index (χ4n) is 1.02. The Balaban J connectivity index is 2.82. The van der Waals surface area contributed by atoms with Gasteiger partial charge < -0.3 is 10.2 Å². The average molecular weight is 231 g/mol. The van der Waals surface area contributed by atoms with Crippen LogP contribution in [0.3, 0.4) is 0 Å². The summed E-state index contributed by atoms with van der Waals surface area (Å²) in [5.41, 5.74) is 1.01. The Bertz CT molecular complexity index is 271. The molecule has 0 aliphatic carbocycles. The van der Waals surface area contributed by atoms with Crippen LogP contribution in [0.4, 0.5) is 0 Å². The summed E-state index contributed by atoms with van der Waals surface area (Å²) >= 11 is 3.41. The smallest absolute Gasteiger partial charge is 0.157 e. The first-order valence-corrected chi connectivity index (χ1v) is 4.66. The van der Waals surface area contributed by atoms with Crippen molar-refractivity contribution in [2.24, 2.45) is 0 Å². The number of rotatable bonds is 2. The number of aromatic hydroxyl groups is 2. The molecule has 0 saturated heterocycles. The number of alkyl halides is 1. The van der Waals surface area contributed by atoms with Crippen molar-refractivity contribution in [1.82, 2.24) is 0 Å². The topological polar surface area (TPSA) is 40.5 Å². The SMILES string of the molecule is C[C@@H](Br)Cc1ccc(O)c(O)c1. The van der Waals surface area contributed by atoms with E-state index in [1.807, 2.05) is 6.92 Å². The third-order valence-corrected chi connectivity index (χ3v) is 1.88. The Morgan fingerprint density at radius 3 is 2.50 bits per heavy atom. The zero-order valence-corrected chi connectivity index (χ0v) is 8.37. The van der Waals surface area contributed by atoms with Crippen molar-refractivity contribution < 1.29 is 10.2 Å². The first-order chi connectivity index (χ1) is 5.59. The molecule has 0 unspecified atom stereocenters. The molecular weight excluding hydrogens is 220 g/mol. The van der Waals surface area contributed by atoms with Crippen LogP contribution in [0.5, 0.6) is 11.5 Å². The first kappa shape index (κ1) is 9.39. The molecule has 2 nitrogen and oxygen atoms in total. The van der Waals surface area contributed by atoms with Gasteiger partial charge >= 0.3 is 0 Å². The quantitative estimate of drug-likeness (QED) is 0.606. The lowest BCUT2D eigenvalue weighted by atomic mass is 10.1. The molecule has 0 heterocycles. The molecule has 2 N–H and O–H groups in total. The molecule has 0 aromatic heterocycles. The predicted octanol–water partition coefficient (Wildman–Crippen LogP) is 2.42. The molecule has 0 aliphatic heterocycles. The van der Waals surface area contributed by atoms with Gasteiger partial charge in [0, 0.05) is 4.83 Å². The van der Waals surface area contributed by atoms with Crippen molar-refractivity contribution >= 4 is 15.9 Å². The van der Waals surface area contributed by atoms with Crippen molar-refractivity contribution in [2.75, 3.05) is 0 Å². The van der Waals surface area contributed by atoms with Crippen LogP contribution in [-0.4, -0.2) is 15.0 Å². The van der Waals surface area contributed by atoms with Crippen molar-refractivity contribution in [1.29, 1.82) is 0 Å². The first-order valence-electron chi connectivity index (χ1n) is 3.74. The van der Waals surface area contributed by atoms with E-state index in [9.17, 15) is 0 Å². The molecule has 66 valence electrons. The van der Waals surface area contributed by atoms with Crippen LogP contribution >= 0.6 is 15.9 Å². The number of phenolic OH excluding ortho intramolecular Hbond substituents is 2. The van der Waals surface area contributed by atoms with Gasteiger partial charge in [-0.25, -0.2) is 0 Å². The molecule has 3 heteroatoms. The van der Waals surface area contributed by atoms with Crippen LogP contribution in [0.2, 0.25) is 0 Å². The Kier molecular flexibility index (Phi) is 2.98. The minimum absolute atomic E-state index is 0.0550. The zero-order valence-electron chi connectivity index (χ0n) is 6.79. The minimum Gasteiger partial charge on any atom is -0.504 e. The largest absolute Gasteiger partial charge is 0.504 e. The van der Waals surface area contributed by atoms with Gasteiger partial charge in [0.05, 0.1) is 0 Å². The lowest BCUT2D eigenvalue weighted by Crippen LogP contribution is -1.95. The molecule has 0 saturated carbocycles. The van der Waals surface area contributed by atoms with Crippen LogP contribution in [0.25, 0.3) is 0 Å². The summed E-state index contributed by atoms with van der Waals surface area (Å²) in [5, 5.41) is 18.2. The van der Waals surface area contributed by atoms with Gasteiger partial charge in [0.2, 0.25) is 0 Å². The summed E-state index contributed by atoms with van der Waals surface area (Å²) in [6.45, 7) is 2.03. The van der Waals surface area contributed by atoms with E-state index in [4.69, 9.17) is 10.2 Å². The lowest BCUT2D eigenvalue weighted by molar-refractivity contribution is 0.403. The van der Waals surface area contributed by atoms with Gasteiger partial charge in [-0.05, 0) is 24.1 Å². The highest BCUT2D eigenvalue weighted by atomic mass is 79.9. The number of phenols is 2. The second kappa shape index (κ2) is 3.81. The maximum absolute atomic E-state index is 9.15. The van der Waals surface area contributed by atoms with Gasteiger partial charge in [0.1, 0.15) is 0 Å². The van der Waals surface area contributed by atoms with Crippen molar-refractivity contribution in [3.63, 3.8) is 0 Å². The molecule has 1 atom stereocenters. The van der Waals surface area contributed by atoms with Gasteiger partial charge in [0.15, 0.2) is 11.5 Å². The Morgan fingerprint density at radius 1 is 1.33 bits per heavy atom. The molecule has 0 radical (unpaired) electrons. The maximum Gasteiger partial charge on any atom is 0.157 e. The summed E-state index contributed by atoms with van der Waals surface area (Å²) in [6.07, 6.45) is 0.841. The van der Waals surface area contributed by atoms with E-state index in [-0.39, 0.29) is 11.5 Å². The van der Waals surface area contributed by atoms with Crippen LogP contribution in [0, 0.1) is 0 Å². The molecule has 0 spiro atoms. The molecular formula is C9H11BrO2. The Labute approximate surface area is 80.0 Å². The van der Waals surface area contributed by atoms with Gasteiger partial charge in [-0.2, -0.15) is 0 Å². The minimum atomic E-state index is -0.0685. The number of hydrogen-bond acceptors (Lipinski definition) is 2. The fourth-order valence-corrected chi connectivity index (χ4v) is 1.39. The molecule has 12 heavy (non-hydrogen) atoms. The molecule has 1 aromatic rings. The third kappa shape index (κ3) is 2.41. The second-order valence-electron chi connectivity index (χ2n) is 2.81. The standard InChI is InChI=1S/C9H11BrO2/c1-6(10)4-7-2-3-8(11)9(12)5-7/h2-3,5-6,11-12H,4H2,1H3/t6-/m1/s1. The van der Waals surface area contributed by atoms with E-state index in [1.165, 1.54) is 6.07 Å². The number of hydrogen-bond donors (Lipinski definition) is 2. The molecule has 0 fully saturated rings. The monoisotopic (exact) mass is 230 g/mol. The summed E-state index contributed by atoms with van der Waals surface area (Å²) < 4.78 is 0. The summed E-state index contributed by atoms with van der Waals surface area (Å²) in [4.78, 5) is 0.376. The zero-order chi connectivity index (χ0) is 9.14. The molecule has 0 bridgehead atoms. The Hall–Kier alpha value is -0.700. The van der Waals surface area contributed by atoms with Crippen molar-refractivity contribution in [3.05, 3.63) is 23.8 Å². The van der Waals surface area contributed by atoms with E-state index in [2.05, 4.69) is 15.9 Å². The van der Waals surface area contributed by atoms with E-state index in [0.29, 0.717) is 4.83 Å². The third-order valence-electron chi connectivity index (χ3n) is 1.56. The maximum atomic E-state index is 9.15. The highest BCUT2D eigenvalue weighted by Gasteiger charge is 2.02. The van der Waals surface area contributed by atoms with Crippen LogP contribution in [-0.2, 0) is 6.42 Å². The fraction of sp³-hybridized carbons (Fsp3) is 0.333. The lowest BCUT2D eigenvalue weighted by Gasteiger charge is -2.04. The molecule has 1 aromatic carbocycles. The average Bonchev–Trinajstić information content (AvgIpc) is 1.96. The van der Waals surface area contributed by atoms with Gasteiger partial charge in [-0.15, -0.1) is 0 Å². The van der Waals surface area contributed by atoms with Gasteiger partial charge in [-0.3, -0.25) is 0 Å². The van der Waals surface area contributed by atoms with E-state index in [1.54, 1.807) is 12.1 Å². The molecule has 0 aliphatic rings. The predicted molar refractivity (Wildman–Crippen MR) is 51.9 cm³/mol. The molecule has 0 amide bonds. The van der Waals surface area contributed by atoms with E-state index >= 15 is 0 Å². The van der Waals surface area contributed by atoms with Gasteiger partial charge in [-0.1, -0.05) is 28.9 Å². The summed E-state index contributed by atoms with van der Waals surface area (Å²) in [7, 11) is 0. The van der Waals surface area contributed by atoms with E-state index in [0.717, 1.165) is 12.0 Å². The highest BCUT2D eigenvalue weighted by molar-refractivity contribution is 9.09. The van der Waals surface area contributed by atoms with Crippen LogP contribution in [0.15, 0.2) is 18.2 Å². The van der Waals surface area contributed by atoms with Gasteiger partial charge in [0.25, 0.3) is 0 Å². The van der Waals surface area contributed by atoms with Crippen LogP contribution < -0.4 is 0 Å². The highest BCUT2D eigenvalue weighted by Crippen LogP contribution is 2.25. The summed E-state index contributed by atoms with van der Waals surface area (Å²) in [6, 6.07) is 4.87. The summed E-state index contributed by atoms with van der Waals surface area (Å²) in [5.74, 6) is -0.123. The van der Waals surface area contributed by atoms with Crippen molar-refractivity contribution in [2.45, 2.75) is 18.2 Å².